The van der Waals surface area contributed by atoms with E-state index in [0.29, 0.717) is 12.2 Å². The molecule has 0 spiro atoms. The molecule has 0 saturated heterocycles. The molecular formula is C19H23N5O. The molecule has 0 saturated carbocycles. The first kappa shape index (κ1) is 17.0. The Bertz CT molecular complexity index is 823. The van der Waals surface area contributed by atoms with Gasteiger partial charge in [0.15, 0.2) is 5.69 Å². The first-order valence-electron chi connectivity index (χ1n) is 8.32. The number of carbonyl (C=O) groups excluding carboxylic acids is 1. The number of amides is 1. The Balaban J connectivity index is 1.63. The van der Waals surface area contributed by atoms with E-state index in [1.54, 1.807) is 10.6 Å². The molecule has 0 aliphatic rings. The van der Waals surface area contributed by atoms with E-state index in [9.17, 15) is 4.79 Å². The fourth-order valence-corrected chi connectivity index (χ4v) is 2.58. The zero-order valence-electron chi connectivity index (χ0n) is 14.6. The van der Waals surface area contributed by atoms with Gasteiger partial charge in [0, 0.05) is 31.5 Å². The summed E-state index contributed by atoms with van der Waals surface area (Å²) in [6, 6.07) is 15.5. The predicted molar refractivity (Wildman–Crippen MR) is 99.8 cm³/mol. The Labute approximate surface area is 147 Å². The van der Waals surface area contributed by atoms with Gasteiger partial charge >= 0.3 is 0 Å². The number of pyridine rings is 1. The Kier molecular flexibility index (Phi) is 5.30. The number of fused-ring (bicyclic) bond motifs is 1. The number of anilines is 1. The molecule has 0 radical (unpaired) electrons. The number of nitrogens with one attached hydrogen (secondary N) is 2. The van der Waals surface area contributed by atoms with E-state index in [4.69, 9.17) is 0 Å². The van der Waals surface area contributed by atoms with Crippen LogP contribution in [0.4, 0.5) is 5.69 Å². The molecule has 0 aliphatic carbocycles. The maximum atomic E-state index is 12.4. The second-order valence-electron chi connectivity index (χ2n) is 6.17. The van der Waals surface area contributed by atoms with Crippen LogP contribution < -0.4 is 10.6 Å². The summed E-state index contributed by atoms with van der Waals surface area (Å²) in [5, 5.41) is 10.7. The SMILES string of the molecule is CN(C)CCNc1ccccc1CNC(=O)c1cc2ccccn2n1. The molecule has 1 amide bonds. The third kappa shape index (κ3) is 4.36. The minimum Gasteiger partial charge on any atom is -0.383 e. The molecule has 6 heteroatoms. The standard InChI is InChI=1S/C19H23N5O/c1-23(2)12-10-20-17-9-4-3-7-15(17)14-21-19(25)18-13-16-8-5-6-11-24(16)22-18/h3-9,11,13,20H,10,12,14H2,1-2H3,(H,21,25). The van der Waals surface area contributed by atoms with Crippen LogP contribution in [0.1, 0.15) is 16.1 Å². The van der Waals surface area contributed by atoms with Crippen LogP contribution in [0.3, 0.4) is 0 Å². The Morgan fingerprint density at radius 1 is 1.16 bits per heavy atom. The molecule has 0 unspecified atom stereocenters. The highest BCUT2D eigenvalue weighted by molar-refractivity contribution is 5.93. The van der Waals surface area contributed by atoms with Gasteiger partial charge in [0.2, 0.25) is 0 Å². The van der Waals surface area contributed by atoms with Crippen molar-refractivity contribution in [1.82, 2.24) is 19.8 Å². The number of carbonyl (C=O) groups is 1. The van der Waals surface area contributed by atoms with E-state index in [1.165, 1.54) is 0 Å². The third-order valence-corrected chi connectivity index (χ3v) is 3.93. The Morgan fingerprint density at radius 2 is 1.96 bits per heavy atom. The summed E-state index contributed by atoms with van der Waals surface area (Å²) in [6.07, 6.45) is 1.83. The van der Waals surface area contributed by atoms with E-state index in [-0.39, 0.29) is 5.91 Å². The number of likely N-dealkylation sites (N-methyl/N-ethyl adjacent to an activating group) is 1. The van der Waals surface area contributed by atoms with Crippen molar-refractivity contribution in [1.29, 1.82) is 0 Å². The van der Waals surface area contributed by atoms with Crippen molar-refractivity contribution in [3.05, 3.63) is 66.0 Å². The molecular weight excluding hydrogens is 314 g/mol. The van der Waals surface area contributed by atoms with Crippen molar-refractivity contribution in [3.63, 3.8) is 0 Å². The third-order valence-electron chi connectivity index (χ3n) is 3.93. The molecule has 0 aliphatic heterocycles. The number of benzene rings is 1. The monoisotopic (exact) mass is 337 g/mol. The molecule has 0 atom stereocenters. The maximum absolute atomic E-state index is 12.4. The molecule has 0 fully saturated rings. The lowest BCUT2D eigenvalue weighted by Gasteiger charge is -2.14. The number of hydrogen-bond acceptors (Lipinski definition) is 4. The van der Waals surface area contributed by atoms with Crippen LogP contribution in [-0.2, 0) is 6.54 Å². The summed E-state index contributed by atoms with van der Waals surface area (Å²) in [6.45, 7) is 2.25. The van der Waals surface area contributed by atoms with Crippen LogP contribution in [0.25, 0.3) is 5.52 Å². The number of hydrogen-bond donors (Lipinski definition) is 2. The number of aromatic nitrogens is 2. The van der Waals surface area contributed by atoms with Gasteiger partial charge in [-0.1, -0.05) is 24.3 Å². The van der Waals surface area contributed by atoms with Crippen molar-refractivity contribution in [3.8, 4) is 0 Å². The van der Waals surface area contributed by atoms with Gasteiger partial charge in [-0.2, -0.15) is 5.10 Å². The quantitative estimate of drug-likeness (QED) is 0.694. The molecule has 3 aromatic rings. The molecule has 1 aromatic carbocycles. The predicted octanol–water partition coefficient (Wildman–Crippen LogP) is 2.24. The summed E-state index contributed by atoms with van der Waals surface area (Å²) in [7, 11) is 4.09. The highest BCUT2D eigenvalue weighted by atomic mass is 16.1. The van der Waals surface area contributed by atoms with Crippen molar-refractivity contribution >= 4 is 17.1 Å². The summed E-state index contributed by atoms with van der Waals surface area (Å²) < 4.78 is 1.70. The van der Waals surface area contributed by atoms with Crippen molar-refractivity contribution in [2.24, 2.45) is 0 Å². The second-order valence-corrected chi connectivity index (χ2v) is 6.17. The summed E-state index contributed by atoms with van der Waals surface area (Å²) in [5.74, 6) is -0.174. The first-order valence-corrected chi connectivity index (χ1v) is 8.32. The van der Waals surface area contributed by atoms with Gasteiger partial charge in [-0.25, -0.2) is 4.52 Å². The van der Waals surface area contributed by atoms with Crippen molar-refractivity contribution < 1.29 is 4.79 Å². The number of nitrogens with zero attached hydrogens (tertiary/aromatic N) is 3. The maximum Gasteiger partial charge on any atom is 0.272 e. The first-order chi connectivity index (χ1) is 12.1. The van der Waals surface area contributed by atoms with E-state index in [1.807, 2.05) is 62.8 Å². The molecule has 25 heavy (non-hydrogen) atoms. The molecule has 6 nitrogen and oxygen atoms in total. The van der Waals surface area contributed by atoms with Gasteiger partial charge in [0.1, 0.15) is 0 Å². The van der Waals surface area contributed by atoms with Crippen molar-refractivity contribution in [2.45, 2.75) is 6.54 Å². The van der Waals surface area contributed by atoms with Gasteiger partial charge in [0.25, 0.3) is 5.91 Å². The minimum atomic E-state index is -0.174. The van der Waals surface area contributed by atoms with Crippen LogP contribution in [0, 0.1) is 0 Å². The summed E-state index contributed by atoms with van der Waals surface area (Å²) in [4.78, 5) is 14.5. The van der Waals surface area contributed by atoms with Crippen LogP contribution >= 0.6 is 0 Å². The molecule has 3 rings (SSSR count). The van der Waals surface area contributed by atoms with Crippen LogP contribution in [-0.4, -0.2) is 47.6 Å². The fourth-order valence-electron chi connectivity index (χ4n) is 2.58. The smallest absolute Gasteiger partial charge is 0.272 e. The van der Waals surface area contributed by atoms with E-state index in [0.717, 1.165) is 29.9 Å². The van der Waals surface area contributed by atoms with Gasteiger partial charge < -0.3 is 15.5 Å². The highest BCUT2D eigenvalue weighted by Crippen LogP contribution is 2.15. The van der Waals surface area contributed by atoms with Gasteiger partial charge in [0.05, 0.1) is 5.52 Å². The van der Waals surface area contributed by atoms with Gasteiger partial charge in [-0.05, 0) is 43.9 Å². The molecule has 2 aromatic heterocycles. The second kappa shape index (κ2) is 7.81. The molecule has 2 heterocycles. The lowest BCUT2D eigenvalue weighted by atomic mass is 10.1. The molecule has 0 bridgehead atoms. The minimum absolute atomic E-state index is 0.174. The summed E-state index contributed by atoms with van der Waals surface area (Å²) >= 11 is 0. The van der Waals surface area contributed by atoms with E-state index in [2.05, 4.69) is 20.6 Å². The lowest BCUT2D eigenvalue weighted by Crippen LogP contribution is -2.25. The highest BCUT2D eigenvalue weighted by Gasteiger charge is 2.11. The normalized spacial score (nSPS) is 11.0. The fraction of sp³-hybridized carbons (Fsp3) is 0.263. The number of rotatable bonds is 7. The molecule has 130 valence electrons. The van der Waals surface area contributed by atoms with Crippen molar-refractivity contribution in [2.75, 3.05) is 32.5 Å². The van der Waals surface area contributed by atoms with Crippen LogP contribution in [0.15, 0.2) is 54.7 Å². The topological polar surface area (TPSA) is 61.7 Å². The summed E-state index contributed by atoms with van der Waals surface area (Å²) in [5.41, 5.74) is 3.42. The zero-order chi connectivity index (χ0) is 17.6. The molecule has 2 N–H and O–H groups in total. The van der Waals surface area contributed by atoms with Crippen LogP contribution in [0.5, 0.6) is 0 Å². The van der Waals surface area contributed by atoms with Gasteiger partial charge in [-0.3, -0.25) is 4.79 Å². The lowest BCUT2D eigenvalue weighted by molar-refractivity contribution is 0.0945. The van der Waals surface area contributed by atoms with E-state index < -0.39 is 0 Å². The van der Waals surface area contributed by atoms with Crippen LogP contribution in [0.2, 0.25) is 0 Å². The van der Waals surface area contributed by atoms with Gasteiger partial charge in [-0.15, -0.1) is 0 Å². The van der Waals surface area contributed by atoms with E-state index >= 15 is 0 Å². The Morgan fingerprint density at radius 3 is 2.76 bits per heavy atom. The Hall–Kier alpha value is -2.86. The zero-order valence-corrected chi connectivity index (χ0v) is 14.6. The average Bonchev–Trinajstić information content (AvgIpc) is 3.04. The average molecular weight is 337 g/mol. The largest absolute Gasteiger partial charge is 0.383 e. The number of para-hydroxylation sites is 1.